The molecule has 0 amide bonds. The molecule has 3 rings (SSSR count). The van der Waals surface area contributed by atoms with Crippen molar-refractivity contribution in [3.05, 3.63) is 17.7 Å². The van der Waals surface area contributed by atoms with Gasteiger partial charge in [0.1, 0.15) is 5.60 Å². The molecule has 1 saturated heterocycles. The molecular weight excluding hydrogens is 258 g/mol. The summed E-state index contributed by atoms with van der Waals surface area (Å²) in [6, 6.07) is 3.67. The predicted octanol–water partition coefficient (Wildman–Crippen LogP) is 1.64. The van der Waals surface area contributed by atoms with Gasteiger partial charge in [-0.15, -0.1) is 0 Å². The number of hydrogen-bond acceptors (Lipinski definition) is 5. The monoisotopic (exact) mass is 279 g/mol. The zero-order chi connectivity index (χ0) is 14.2. The molecule has 5 heteroatoms. The first-order chi connectivity index (χ1) is 9.69. The van der Waals surface area contributed by atoms with Crippen LogP contribution in [0.15, 0.2) is 12.1 Å². The van der Waals surface area contributed by atoms with Crippen LogP contribution in [0.4, 0.5) is 0 Å². The normalized spacial score (nSPS) is 23.9. The van der Waals surface area contributed by atoms with Crippen molar-refractivity contribution < 1.29 is 19.3 Å². The van der Waals surface area contributed by atoms with Gasteiger partial charge in [-0.25, -0.2) is 0 Å². The maximum atomic E-state index is 10.5. The molecule has 2 aliphatic heterocycles. The van der Waals surface area contributed by atoms with Crippen LogP contribution in [0.25, 0.3) is 0 Å². The summed E-state index contributed by atoms with van der Waals surface area (Å²) in [7, 11) is 3.20. The molecule has 1 spiro atoms. The number of hydrogen-bond donors (Lipinski definition) is 2. The highest BCUT2D eigenvalue weighted by Crippen LogP contribution is 2.50. The van der Waals surface area contributed by atoms with E-state index in [0.717, 1.165) is 31.5 Å². The van der Waals surface area contributed by atoms with Crippen molar-refractivity contribution in [2.75, 3.05) is 27.3 Å². The standard InChI is InChI=1S/C15H21NO4/c1-18-12-4-3-10-11(17)9-15(5-7-16-8-6-15)20-13(10)14(12)19-2/h3-4,11,16-17H,5-9H2,1-2H3. The van der Waals surface area contributed by atoms with Gasteiger partial charge in [0.05, 0.1) is 20.3 Å². The molecule has 1 aromatic carbocycles. The molecule has 1 atom stereocenters. The summed E-state index contributed by atoms with van der Waals surface area (Å²) >= 11 is 0. The fourth-order valence-corrected chi connectivity index (χ4v) is 3.19. The molecule has 1 fully saturated rings. The van der Waals surface area contributed by atoms with E-state index in [2.05, 4.69) is 5.32 Å². The van der Waals surface area contributed by atoms with Gasteiger partial charge in [0.15, 0.2) is 11.5 Å². The minimum absolute atomic E-state index is 0.294. The quantitative estimate of drug-likeness (QED) is 0.862. The first-order valence-corrected chi connectivity index (χ1v) is 7.02. The van der Waals surface area contributed by atoms with Crippen molar-refractivity contribution in [3.8, 4) is 17.2 Å². The van der Waals surface area contributed by atoms with Crippen LogP contribution in [-0.4, -0.2) is 38.0 Å². The summed E-state index contributed by atoms with van der Waals surface area (Å²) in [6.07, 6.45) is 1.90. The summed E-state index contributed by atoms with van der Waals surface area (Å²) in [5, 5.41) is 13.8. The number of aliphatic hydroxyl groups excluding tert-OH is 1. The van der Waals surface area contributed by atoms with Crippen LogP contribution in [0.3, 0.4) is 0 Å². The van der Waals surface area contributed by atoms with E-state index < -0.39 is 6.10 Å². The van der Waals surface area contributed by atoms with E-state index in [0.29, 0.717) is 23.7 Å². The maximum Gasteiger partial charge on any atom is 0.203 e. The van der Waals surface area contributed by atoms with E-state index in [-0.39, 0.29) is 5.60 Å². The molecule has 0 aliphatic carbocycles. The molecule has 0 aromatic heterocycles. The number of aliphatic hydroxyl groups is 1. The molecule has 0 bridgehead atoms. The zero-order valence-electron chi connectivity index (χ0n) is 11.9. The Kier molecular flexibility index (Phi) is 3.48. The lowest BCUT2D eigenvalue weighted by Gasteiger charge is -2.43. The van der Waals surface area contributed by atoms with Crippen molar-refractivity contribution in [1.29, 1.82) is 0 Å². The Morgan fingerprint density at radius 1 is 1.25 bits per heavy atom. The van der Waals surface area contributed by atoms with Gasteiger partial charge < -0.3 is 24.6 Å². The van der Waals surface area contributed by atoms with Gasteiger partial charge in [0, 0.05) is 12.0 Å². The highest BCUT2D eigenvalue weighted by Gasteiger charge is 2.43. The maximum absolute atomic E-state index is 10.5. The highest BCUT2D eigenvalue weighted by atomic mass is 16.5. The van der Waals surface area contributed by atoms with Gasteiger partial charge in [-0.05, 0) is 38.1 Å². The van der Waals surface area contributed by atoms with E-state index in [1.165, 1.54) is 0 Å². The van der Waals surface area contributed by atoms with Crippen molar-refractivity contribution >= 4 is 0 Å². The molecule has 2 N–H and O–H groups in total. The van der Waals surface area contributed by atoms with E-state index in [9.17, 15) is 5.11 Å². The molecule has 110 valence electrons. The number of nitrogens with one attached hydrogen (secondary N) is 1. The molecule has 2 heterocycles. The number of methoxy groups -OCH3 is 2. The van der Waals surface area contributed by atoms with Gasteiger partial charge in [0.2, 0.25) is 5.75 Å². The van der Waals surface area contributed by atoms with E-state index in [1.54, 1.807) is 14.2 Å². The van der Waals surface area contributed by atoms with Crippen LogP contribution in [0.2, 0.25) is 0 Å². The fourth-order valence-electron chi connectivity index (χ4n) is 3.19. The third-order valence-corrected chi connectivity index (χ3v) is 4.29. The SMILES string of the molecule is COc1ccc2c(c1OC)OC1(CCNCC1)CC2O. The van der Waals surface area contributed by atoms with Crippen LogP contribution in [0, 0.1) is 0 Å². The Morgan fingerprint density at radius 2 is 2.00 bits per heavy atom. The second-order valence-electron chi connectivity index (χ2n) is 5.47. The second kappa shape index (κ2) is 5.14. The lowest BCUT2D eigenvalue weighted by atomic mass is 9.82. The fraction of sp³-hybridized carbons (Fsp3) is 0.600. The second-order valence-corrected chi connectivity index (χ2v) is 5.47. The Hall–Kier alpha value is -1.46. The van der Waals surface area contributed by atoms with Gasteiger partial charge >= 0.3 is 0 Å². The summed E-state index contributed by atoms with van der Waals surface area (Å²) in [6.45, 7) is 1.82. The average molecular weight is 279 g/mol. The topological polar surface area (TPSA) is 60.0 Å². The number of benzene rings is 1. The zero-order valence-corrected chi connectivity index (χ0v) is 11.9. The summed E-state index contributed by atoms with van der Waals surface area (Å²) in [5.41, 5.74) is 0.490. The van der Waals surface area contributed by atoms with Crippen LogP contribution in [0.1, 0.15) is 30.9 Å². The van der Waals surface area contributed by atoms with Crippen molar-refractivity contribution in [3.63, 3.8) is 0 Å². The van der Waals surface area contributed by atoms with Crippen LogP contribution < -0.4 is 19.5 Å². The Morgan fingerprint density at radius 3 is 2.65 bits per heavy atom. The average Bonchev–Trinajstić information content (AvgIpc) is 2.46. The van der Waals surface area contributed by atoms with Crippen molar-refractivity contribution in [1.82, 2.24) is 5.32 Å². The molecule has 0 radical (unpaired) electrons. The third-order valence-electron chi connectivity index (χ3n) is 4.29. The first kappa shape index (κ1) is 13.5. The first-order valence-electron chi connectivity index (χ1n) is 7.02. The summed E-state index contributed by atoms with van der Waals surface area (Å²) in [5.74, 6) is 1.83. The molecule has 2 aliphatic rings. The Bertz CT molecular complexity index is 497. The predicted molar refractivity (Wildman–Crippen MR) is 74.6 cm³/mol. The number of fused-ring (bicyclic) bond motifs is 1. The van der Waals surface area contributed by atoms with Crippen molar-refractivity contribution in [2.45, 2.75) is 31.0 Å². The molecule has 0 saturated carbocycles. The molecular formula is C15H21NO4. The number of rotatable bonds is 2. The van der Waals surface area contributed by atoms with Crippen molar-refractivity contribution in [2.24, 2.45) is 0 Å². The molecule has 1 unspecified atom stereocenters. The Balaban J connectivity index is 2.04. The minimum Gasteiger partial charge on any atom is -0.493 e. The smallest absolute Gasteiger partial charge is 0.203 e. The molecule has 5 nitrogen and oxygen atoms in total. The van der Waals surface area contributed by atoms with Gasteiger partial charge in [0.25, 0.3) is 0 Å². The van der Waals surface area contributed by atoms with Gasteiger partial charge in [-0.1, -0.05) is 0 Å². The Labute approximate surface area is 118 Å². The molecule has 1 aromatic rings. The van der Waals surface area contributed by atoms with Crippen LogP contribution in [0.5, 0.6) is 17.2 Å². The summed E-state index contributed by atoms with van der Waals surface area (Å²) < 4.78 is 17.0. The third kappa shape index (κ3) is 2.11. The van der Waals surface area contributed by atoms with Gasteiger partial charge in [-0.2, -0.15) is 0 Å². The molecule has 20 heavy (non-hydrogen) atoms. The van der Waals surface area contributed by atoms with Crippen LogP contribution in [-0.2, 0) is 0 Å². The summed E-state index contributed by atoms with van der Waals surface area (Å²) in [4.78, 5) is 0. The largest absolute Gasteiger partial charge is 0.493 e. The lowest BCUT2D eigenvalue weighted by Crippen LogP contribution is -2.49. The van der Waals surface area contributed by atoms with E-state index in [4.69, 9.17) is 14.2 Å². The van der Waals surface area contributed by atoms with Crippen LogP contribution >= 0.6 is 0 Å². The van der Waals surface area contributed by atoms with Gasteiger partial charge in [-0.3, -0.25) is 0 Å². The number of piperidine rings is 1. The minimum atomic E-state index is -0.517. The number of ether oxygens (including phenoxy) is 3. The van der Waals surface area contributed by atoms with E-state index >= 15 is 0 Å². The van der Waals surface area contributed by atoms with E-state index in [1.807, 2.05) is 12.1 Å². The highest BCUT2D eigenvalue weighted by molar-refractivity contribution is 5.57. The lowest BCUT2D eigenvalue weighted by molar-refractivity contribution is -0.0356.